The number of hydrogen-bond acceptors (Lipinski definition) is 4. The van der Waals surface area contributed by atoms with E-state index in [2.05, 4.69) is 10.6 Å². The summed E-state index contributed by atoms with van der Waals surface area (Å²) in [4.78, 5) is 37.5. The second kappa shape index (κ2) is 8.00. The monoisotopic (exact) mass is 421 g/mol. The van der Waals surface area contributed by atoms with E-state index in [1.807, 2.05) is 0 Å². The van der Waals surface area contributed by atoms with Crippen LogP contribution in [0, 0.1) is 0 Å². The van der Waals surface area contributed by atoms with Crippen LogP contribution in [0.5, 0.6) is 0 Å². The van der Waals surface area contributed by atoms with Crippen LogP contribution in [-0.2, 0) is 11.0 Å². The highest BCUT2D eigenvalue weighted by Gasteiger charge is 2.35. The van der Waals surface area contributed by atoms with Crippen molar-refractivity contribution in [1.29, 1.82) is 0 Å². The molecule has 0 aromatic heterocycles. The predicted octanol–water partition coefficient (Wildman–Crippen LogP) is 3.20. The first-order chi connectivity index (χ1) is 13.7. The average molecular weight is 421 g/mol. The summed E-state index contributed by atoms with van der Waals surface area (Å²) in [6.07, 6.45) is -4.84. The number of nitrogens with one attached hydrogen (secondary N) is 2. The van der Waals surface area contributed by atoms with E-state index in [1.165, 1.54) is 30.3 Å². The first-order valence-electron chi connectivity index (χ1n) is 8.41. The molecule has 150 valence electrons. The Bertz CT molecular complexity index is 972. The molecule has 0 atom stereocenters. The lowest BCUT2D eigenvalue weighted by atomic mass is 10.1. The summed E-state index contributed by atoms with van der Waals surface area (Å²) in [6.45, 7) is -0.181. The summed E-state index contributed by atoms with van der Waals surface area (Å²) in [5.74, 6) is -1.65. The maximum Gasteiger partial charge on any atom is 0.418 e. The third-order valence-corrected chi connectivity index (χ3v) is 4.38. The molecule has 0 bridgehead atoms. The van der Waals surface area contributed by atoms with Gasteiger partial charge < -0.3 is 10.6 Å². The van der Waals surface area contributed by atoms with E-state index in [0.717, 1.165) is 11.0 Å². The van der Waals surface area contributed by atoms with E-state index in [0.29, 0.717) is 0 Å². The van der Waals surface area contributed by atoms with Gasteiger partial charge in [0.1, 0.15) is 0 Å². The van der Waals surface area contributed by atoms with Crippen LogP contribution in [0.2, 0.25) is 0 Å². The second-order valence-corrected chi connectivity index (χ2v) is 6.51. The van der Waals surface area contributed by atoms with Crippen LogP contribution < -0.4 is 10.6 Å². The lowest BCUT2D eigenvalue weighted by Gasteiger charge is -2.16. The standard InChI is InChI=1S/C19H14F3N3O3S/c20-19(21,22)13-7-3-4-8-14(13)23-18(29)24-15(26)9-10-25-16(27)11-5-1-2-6-12(11)17(25)28/h1-8H,9-10H2,(H2,23,24,26,29). The number of nitrogens with zero attached hydrogens (tertiary/aromatic N) is 1. The van der Waals surface area contributed by atoms with Crippen LogP contribution >= 0.6 is 12.2 Å². The van der Waals surface area contributed by atoms with Gasteiger partial charge in [0.25, 0.3) is 11.8 Å². The molecule has 3 amide bonds. The maximum absolute atomic E-state index is 13.0. The van der Waals surface area contributed by atoms with Gasteiger partial charge in [-0.15, -0.1) is 0 Å². The largest absolute Gasteiger partial charge is 0.418 e. The minimum atomic E-state index is -4.59. The van der Waals surface area contributed by atoms with Gasteiger partial charge >= 0.3 is 6.18 Å². The van der Waals surface area contributed by atoms with Crippen molar-refractivity contribution in [2.24, 2.45) is 0 Å². The molecule has 0 fully saturated rings. The van der Waals surface area contributed by atoms with E-state index in [4.69, 9.17) is 12.2 Å². The zero-order valence-corrected chi connectivity index (χ0v) is 15.6. The molecule has 1 aliphatic heterocycles. The van der Waals surface area contributed by atoms with E-state index in [-0.39, 0.29) is 34.9 Å². The Morgan fingerprint density at radius 1 is 0.966 bits per heavy atom. The van der Waals surface area contributed by atoms with Crippen LogP contribution in [0.1, 0.15) is 32.7 Å². The summed E-state index contributed by atoms with van der Waals surface area (Å²) < 4.78 is 39.0. The van der Waals surface area contributed by atoms with E-state index >= 15 is 0 Å². The molecule has 0 aliphatic carbocycles. The summed E-state index contributed by atoms with van der Waals surface area (Å²) >= 11 is 4.89. The SMILES string of the molecule is O=C(CCN1C(=O)c2ccccc2C1=O)NC(=S)Nc1ccccc1C(F)(F)F. The molecule has 0 radical (unpaired) electrons. The maximum atomic E-state index is 13.0. The van der Waals surface area contributed by atoms with Crippen LogP contribution in [0.25, 0.3) is 0 Å². The van der Waals surface area contributed by atoms with Crippen LogP contribution in [0.3, 0.4) is 0 Å². The molecular formula is C19H14F3N3O3S. The van der Waals surface area contributed by atoms with Crippen molar-refractivity contribution >= 4 is 40.7 Å². The molecule has 0 unspecified atom stereocenters. The number of halogens is 3. The fourth-order valence-electron chi connectivity index (χ4n) is 2.84. The van der Waals surface area contributed by atoms with Crippen molar-refractivity contribution in [1.82, 2.24) is 10.2 Å². The number of para-hydroxylation sites is 1. The molecule has 2 aromatic rings. The van der Waals surface area contributed by atoms with E-state index < -0.39 is 29.5 Å². The average Bonchev–Trinajstić information content (AvgIpc) is 2.90. The number of carbonyl (C=O) groups is 3. The van der Waals surface area contributed by atoms with Crippen molar-refractivity contribution in [3.8, 4) is 0 Å². The first-order valence-corrected chi connectivity index (χ1v) is 8.81. The predicted molar refractivity (Wildman–Crippen MR) is 102 cm³/mol. The number of benzene rings is 2. The summed E-state index contributed by atoms with van der Waals surface area (Å²) in [5.41, 5.74) is -0.703. The molecule has 0 saturated heterocycles. The third-order valence-electron chi connectivity index (χ3n) is 4.17. The fourth-order valence-corrected chi connectivity index (χ4v) is 3.06. The molecular weight excluding hydrogens is 407 g/mol. The number of amides is 3. The van der Waals surface area contributed by atoms with Gasteiger partial charge in [-0.1, -0.05) is 24.3 Å². The van der Waals surface area contributed by atoms with E-state index in [1.54, 1.807) is 12.1 Å². The normalized spacial score (nSPS) is 13.3. The van der Waals surface area contributed by atoms with Crippen molar-refractivity contribution in [2.75, 3.05) is 11.9 Å². The summed E-state index contributed by atoms with van der Waals surface area (Å²) in [6, 6.07) is 11.0. The molecule has 1 heterocycles. The number of anilines is 1. The molecule has 1 aliphatic rings. The number of carbonyl (C=O) groups excluding carboxylic acids is 3. The van der Waals surface area contributed by atoms with Crippen LogP contribution in [0.4, 0.5) is 18.9 Å². The Balaban J connectivity index is 1.57. The van der Waals surface area contributed by atoms with Gasteiger partial charge in [0.05, 0.1) is 22.4 Å². The number of thiocarbonyl (C=S) groups is 1. The Morgan fingerprint density at radius 2 is 1.52 bits per heavy atom. The number of hydrogen-bond donors (Lipinski definition) is 2. The van der Waals surface area contributed by atoms with Crippen molar-refractivity contribution in [3.05, 3.63) is 65.2 Å². The fraction of sp³-hybridized carbons (Fsp3) is 0.158. The van der Waals surface area contributed by atoms with Gasteiger partial charge in [0.15, 0.2) is 5.11 Å². The van der Waals surface area contributed by atoms with Gasteiger partial charge in [0.2, 0.25) is 5.91 Å². The molecule has 0 saturated carbocycles. The number of imide groups is 1. The van der Waals surface area contributed by atoms with Crippen molar-refractivity contribution in [3.63, 3.8) is 0 Å². The molecule has 2 N–H and O–H groups in total. The highest BCUT2D eigenvalue weighted by Crippen LogP contribution is 2.34. The quantitative estimate of drug-likeness (QED) is 0.586. The van der Waals surface area contributed by atoms with Gasteiger partial charge in [-0.05, 0) is 36.5 Å². The molecule has 3 rings (SSSR count). The molecule has 0 spiro atoms. The first kappa shape index (κ1) is 20.5. The number of rotatable bonds is 4. The molecule has 2 aromatic carbocycles. The number of alkyl halides is 3. The van der Waals surface area contributed by atoms with Crippen molar-refractivity contribution < 1.29 is 27.6 Å². The van der Waals surface area contributed by atoms with Crippen LogP contribution in [-0.4, -0.2) is 34.3 Å². The minimum absolute atomic E-state index is 0.181. The van der Waals surface area contributed by atoms with Gasteiger partial charge in [-0.25, -0.2) is 0 Å². The Labute approximate surface area is 168 Å². The lowest BCUT2D eigenvalue weighted by molar-refractivity contribution is -0.136. The minimum Gasteiger partial charge on any atom is -0.332 e. The molecule has 10 heteroatoms. The third kappa shape index (κ3) is 4.43. The highest BCUT2D eigenvalue weighted by molar-refractivity contribution is 7.80. The zero-order valence-electron chi connectivity index (χ0n) is 14.7. The van der Waals surface area contributed by atoms with Gasteiger partial charge in [-0.2, -0.15) is 13.2 Å². The Hall–Kier alpha value is -3.27. The second-order valence-electron chi connectivity index (χ2n) is 6.10. The Morgan fingerprint density at radius 3 is 2.10 bits per heavy atom. The summed E-state index contributed by atoms with van der Waals surface area (Å²) in [7, 11) is 0. The van der Waals surface area contributed by atoms with Gasteiger partial charge in [0, 0.05) is 13.0 Å². The number of fused-ring (bicyclic) bond motifs is 1. The molecule has 29 heavy (non-hydrogen) atoms. The summed E-state index contributed by atoms with van der Waals surface area (Å²) in [5, 5.41) is 4.26. The smallest absolute Gasteiger partial charge is 0.332 e. The zero-order chi connectivity index (χ0) is 21.2. The highest BCUT2D eigenvalue weighted by atomic mass is 32.1. The van der Waals surface area contributed by atoms with Crippen LogP contribution in [0.15, 0.2) is 48.5 Å². The van der Waals surface area contributed by atoms with Gasteiger partial charge in [-0.3, -0.25) is 19.3 Å². The topological polar surface area (TPSA) is 78.5 Å². The molecule has 6 nitrogen and oxygen atoms in total. The van der Waals surface area contributed by atoms with Crippen molar-refractivity contribution in [2.45, 2.75) is 12.6 Å². The lowest BCUT2D eigenvalue weighted by Crippen LogP contribution is -2.38. The van der Waals surface area contributed by atoms with E-state index in [9.17, 15) is 27.6 Å². The Kier molecular flexibility index (Phi) is 5.64.